The summed E-state index contributed by atoms with van der Waals surface area (Å²) in [6, 6.07) is 21.2. The van der Waals surface area contributed by atoms with Crippen LogP contribution in [0.15, 0.2) is 60.6 Å². The average Bonchev–Trinajstić information content (AvgIpc) is 3.15. The topological polar surface area (TPSA) is 8.81 Å². The summed E-state index contributed by atoms with van der Waals surface area (Å²) in [5.74, 6) is 0.487. The Balaban J connectivity index is 1.89. The zero-order valence-corrected chi connectivity index (χ0v) is 21.0. The van der Waals surface area contributed by atoms with E-state index in [-0.39, 0.29) is 0 Å². The van der Waals surface area contributed by atoms with Gasteiger partial charge < -0.3 is 4.57 Å². The fourth-order valence-corrected chi connectivity index (χ4v) is 5.33. The van der Waals surface area contributed by atoms with Crippen LogP contribution in [0.1, 0.15) is 64.3 Å². The summed E-state index contributed by atoms with van der Waals surface area (Å²) < 4.78 is 13.6. The molecule has 0 amide bonds. The van der Waals surface area contributed by atoms with Crippen LogP contribution in [-0.2, 0) is 7.05 Å². The van der Waals surface area contributed by atoms with E-state index in [9.17, 15) is 0 Å². The van der Waals surface area contributed by atoms with Gasteiger partial charge in [0.25, 0.3) is 0 Å². The maximum atomic E-state index is 8.91. The molecule has 0 spiro atoms. The Labute approximate surface area is 198 Å². The number of benzene rings is 3. The van der Waals surface area contributed by atoms with Gasteiger partial charge in [-0.3, -0.25) is 0 Å². The van der Waals surface area contributed by atoms with E-state index in [2.05, 4.69) is 112 Å². The van der Waals surface area contributed by atoms with Gasteiger partial charge >= 0.3 is 0 Å². The summed E-state index contributed by atoms with van der Waals surface area (Å²) in [4.78, 5) is 0. The number of para-hydroxylation sites is 1. The lowest BCUT2D eigenvalue weighted by molar-refractivity contribution is -0.665. The van der Waals surface area contributed by atoms with Crippen LogP contribution in [0.25, 0.3) is 43.8 Å². The van der Waals surface area contributed by atoms with Gasteiger partial charge in [0.2, 0.25) is 5.69 Å². The number of aryl methyl sites for hydroxylation is 1. The van der Waals surface area contributed by atoms with Gasteiger partial charge in [-0.2, -0.15) is 4.57 Å². The summed E-state index contributed by atoms with van der Waals surface area (Å²) in [7, 11) is 2.10. The van der Waals surface area contributed by atoms with Crippen LogP contribution >= 0.6 is 0 Å². The van der Waals surface area contributed by atoms with E-state index in [1.54, 1.807) is 0 Å². The maximum absolute atomic E-state index is 8.91. The number of nitrogens with zero attached hydrogens (tertiary/aromatic N) is 2. The monoisotopic (exact) mass is 436 g/mol. The first kappa shape index (κ1) is 20.5. The molecule has 168 valence electrons. The minimum Gasteiger partial charge on any atom is -0.338 e. The van der Waals surface area contributed by atoms with E-state index in [1.165, 1.54) is 44.2 Å². The Hall–Kier alpha value is -3.13. The highest BCUT2D eigenvalue weighted by atomic mass is 15.0. The second-order valence-corrected chi connectivity index (χ2v) is 9.90. The molecule has 33 heavy (non-hydrogen) atoms. The molecule has 3 aromatic carbocycles. The fourth-order valence-electron chi connectivity index (χ4n) is 5.33. The smallest absolute Gasteiger partial charge is 0.220 e. The molecule has 0 aliphatic carbocycles. The van der Waals surface area contributed by atoms with Crippen molar-refractivity contribution in [2.24, 2.45) is 7.05 Å². The highest BCUT2D eigenvalue weighted by Crippen LogP contribution is 2.38. The van der Waals surface area contributed by atoms with E-state index in [0.29, 0.717) is 18.0 Å². The Morgan fingerprint density at radius 1 is 0.909 bits per heavy atom. The van der Waals surface area contributed by atoms with Crippen LogP contribution < -0.4 is 4.57 Å². The third-order valence-electron chi connectivity index (χ3n) is 7.46. The molecule has 0 saturated carbocycles. The van der Waals surface area contributed by atoms with Crippen LogP contribution in [0, 0.1) is 13.8 Å². The van der Waals surface area contributed by atoms with Gasteiger partial charge in [-0.25, -0.2) is 0 Å². The predicted molar refractivity (Wildman–Crippen MR) is 142 cm³/mol. The molecule has 2 nitrogen and oxygen atoms in total. The SMILES string of the molecule is [2H]c1c(C)[n+](C)c(-c2cc3c(cc2C)c2ccccc2n3C(C)C)c2ccc(C(C)CC)cc12. The van der Waals surface area contributed by atoms with Crippen molar-refractivity contribution < 1.29 is 5.94 Å². The van der Waals surface area contributed by atoms with E-state index < -0.39 is 0 Å². The summed E-state index contributed by atoms with van der Waals surface area (Å²) in [5.41, 5.74) is 8.56. The molecule has 0 aliphatic heterocycles. The van der Waals surface area contributed by atoms with Crippen molar-refractivity contribution in [1.29, 1.82) is 0 Å². The number of fused-ring (bicyclic) bond motifs is 4. The van der Waals surface area contributed by atoms with Gasteiger partial charge in [0.15, 0.2) is 5.69 Å². The standard InChI is InChI=1S/C31H35N2/c1-8-20(4)23-13-14-25-24(17-23)16-22(6)32(7)31(25)27-18-30-28(15-21(27)5)26-11-9-10-12-29(26)33(30)19(2)3/h9-20H,8H2,1-7H3/q+1/i16D. The molecule has 2 heteroatoms. The zero-order chi connectivity index (χ0) is 24.3. The fraction of sp³-hybridized carbons (Fsp3) is 0.323. The van der Waals surface area contributed by atoms with Crippen molar-refractivity contribution >= 4 is 32.6 Å². The highest BCUT2D eigenvalue weighted by molar-refractivity contribution is 6.10. The predicted octanol–water partition coefficient (Wildman–Crippen LogP) is 8.15. The van der Waals surface area contributed by atoms with Gasteiger partial charge in [-0.05, 0) is 73.9 Å². The van der Waals surface area contributed by atoms with Crippen molar-refractivity contribution in [3.05, 3.63) is 77.5 Å². The number of hydrogen-bond acceptors (Lipinski definition) is 0. The van der Waals surface area contributed by atoms with Crippen LogP contribution in [-0.4, -0.2) is 4.57 Å². The molecular formula is C31H35N2+. The number of aromatic nitrogens is 2. The number of hydrogen-bond donors (Lipinski definition) is 0. The third kappa shape index (κ3) is 3.35. The number of pyridine rings is 1. The van der Waals surface area contributed by atoms with Gasteiger partial charge in [-0.15, -0.1) is 0 Å². The molecule has 0 fully saturated rings. The van der Waals surface area contributed by atoms with Crippen molar-refractivity contribution in [3.63, 3.8) is 0 Å². The van der Waals surface area contributed by atoms with Gasteiger partial charge in [0, 0.05) is 35.3 Å². The lowest BCUT2D eigenvalue weighted by atomic mass is 9.92. The van der Waals surface area contributed by atoms with E-state index >= 15 is 0 Å². The van der Waals surface area contributed by atoms with E-state index in [1.807, 2.05) is 0 Å². The van der Waals surface area contributed by atoms with Gasteiger partial charge in [-0.1, -0.05) is 44.2 Å². The average molecular weight is 437 g/mol. The normalized spacial score (nSPS) is 13.4. The zero-order valence-electron chi connectivity index (χ0n) is 22.0. The second kappa shape index (κ2) is 8.02. The molecule has 0 bridgehead atoms. The van der Waals surface area contributed by atoms with Crippen molar-refractivity contribution in [3.8, 4) is 11.3 Å². The first-order valence-corrected chi connectivity index (χ1v) is 12.2. The molecule has 5 aromatic rings. The third-order valence-corrected chi connectivity index (χ3v) is 7.46. The van der Waals surface area contributed by atoms with Crippen LogP contribution in [0.2, 0.25) is 0 Å². The molecule has 5 rings (SSSR count). The summed E-state index contributed by atoms with van der Waals surface area (Å²) in [6.45, 7) is 13.3. The number of rotatable bonds is 4. The van der Waals surface area contributed by atoms with Crippen LogP contribution in [0.5, 0.6) is 0 Å². The van der Waals surface area contributed by atoms with Crippen LogP contribution in [0.3, 0.4) is 0 Å². The van der Waals surface area contributed by atoms with Crippen molar-refractivity contribution in [1.82, 2.24) is 4.57 Å². The Bertz CT molecular complexity index is 1570. The first-order valence-electron chi connectivity index (χ1n) is 12.7. The summed E-state index contributed by atoms with van der Waals surface area (Å²) >= 11 is 0. The molecule has 2 heterocycles. The minimum absolute atomic E-state index is 0.360. The molecule has 1 atom stereocenters. The Morgan fingerprint density at radius 2 is 1.67 bits per heavy atom. The highest BCUT2D eigenvalue weighted by Gasteiger charge is 2.23. The molecule has 0 N–H and O–H groups in total. The molecule has 2 aromatic heterocycles. The molecule has 0 saturated heterocycles. The molecule has 0 radical (unpaired) electrons. The summed E-state index contributed by atoms with van der Waals surface area (Å²) in [6.07, 6.45) is 1.10. The Kier molecular flexibility index (Phi) is 4.98. The van der Waals surface area contributed by atoms with Crippen molar-refractivity contribution in [2.45, 2.75) is 59.9 Å². The maximum Gasteiger partial charge on any atom is 0.220 e. The first-order chi connectivity index (χ1) is 16.2. The van der Waals surface area contributed by atoms with E-state index in [0.717, 1.165) is 22.9 Å². The van der Waals surface area contributed by atoms with E-state index in [4.69, 9.17) is 1.37 Å². The molecular weight excluding hydrogens is 400 g/mol. The summed E-state index contributed by atoms with van der Waals surface area (Å²) in [5, 5.41) is 4.82. The minimum atomic E-state index is 0.360. The lowest BCUT2D eigenvalue weighted by Gasteiger charge is -2.15. The largest absolute Gasteiger partial charge is 0.338 e. The Morgan fingerprint density at radius 3 is 2.39 bits per heavy atom. The van der Waals surface area contributed by atoms with Gasteiger partial charge in [0.05, 0.1) is 17.8 Å². The molecule has 0 aliphatic rings. The second-order valence-electron chi connectivity index (χ2n) is 9.90. The van der Waals surface area contributed by atoms with Gasteiger partial charge in [0.1, 0.15) is 7.05 Å². The van der Waals surface area contributed by atoms with Crippen molar-refractivity contribution in [2.75, 3.05) is 0 Å². The lowest BCUT2D eigenvalue weighted by Crippen LogP contribution is -2.35. The quantitative estimate of drug-likeness (QED) is 0.251. The molecule has 1 unspecified atom stereocenters. The van der Waals surface area contributed by atoms with Crippen LogP contribution in [0.4, 0.5) is 0 Å².